The summed E-state index contributed by atoms with van der Waals surface area (Å²) in [6.07, 6.45) is 0. The smallest absolute Gasteiger partial charge is 0.238 e. The Bertz CT molecular complexity index is 430. The Morgan fingerprint density at radius 2 is 2.39 bits per heavy atom. The molecule has 0 saturated carbocycles. The first-order chi connectivity index (χ1) is 8.16. The summed E-state index contributed by atoms with van der Waals surface area (Å²) in [6.45, 7) is 0.405. The number of rotatable bonds is 3. The Balaban J connectivity index is 0.00000162. The van der Waals surface area contributed by atoms with Crippen LogP contribution < -0.4 is 10.6 Å². The van der Waals surface area contributed by atoms with Gasteiger partial charge in [-0.2, -0.15) is 0 Å². The molecule has 1 amide bonds. The van der Waals surface area contributed by atoms with Gasteiger partial charge in [0.2, 0.25) is 5.91 Å². The van der Waals surface area contributed by atoms with Crippen molar-refractivity contribution in [3.63, 3.8) is 0 Å². The molecule has 0 radical (unpaired) electrons. The Morgan fingerprint density at radius 3 is 3.00 bits per heavy atom. The first kappa shape index (κ1) is 15.8. The fraction of sp³-hybridized carbons (Fsp3) is 0.364. The first-order valence-corrected chi connectivity index (χ1v) is 7.14. The van der Waals surface area contributed by atoms with E-state index in [2.05, 4.69) is 26.6 Å². The molecule has 0 bridgehead atoms. The molecule has 1 fully saturated rings. The Morgan fingerprint density at radius 1 is 1.61 bits per heavy atom. The number of halogens is 3. The highest BCUT2D eigenvalue weighted by Gasteiger charge is 2.22. The summed E-state index contributed by atoms with van der Waals surface area (Å²) in [7, 11) is 0. The molecule has 1 aromatic carbocycles. The molecule has 1 aliphatic rings. The summed E-state index contributed by atoms with van der Waals surface area (Å²) < 4.78 is 13.5. The first-order valence-electron chi connectivity index (χ1n) is 5.19. The van der Waals surface area contributed by atoms with Crippen molar-refractivity contribution in [2.45, 2.75) is 12.6 Å². The summed E-state index contributed by atoms with van der Waals surface area (Å²) in [5, 5.41) is 5.93. The Kier molecular flexibility index (Phi) is 6.42. The molecule has 1 heterocycles. The normalized spacial score (nSPS) is 18.2. The van der Waals surface area contributed by atoms with Gasteiger partial charge in [0.05, 0.1) is 6.04 Å². The van der Waals surface area contributed by atoms with Crippen LogP contribution in [0, 0.1) is 5.82 Å². The predicted molar refractivity (Wildman–Crippen MR) is 77.4 cm³/mol. The van der Waals surface area contributed by atoms with Crippen LogP contribution >= 0.6 is 40.1 Å². The fourth-order valence-corrected chi connectivity index (χ4v) is 2.97. The highest BCUT2D eigenvalue weighted by Crippen LogP contribution is 2.18. The molecule has 1 aliphatic heterocycles. The van der Waals surface area contributed by atoms with E-state index in [-0.39, 0.29) is 30.2 Å². The second kappa shape index (κ2) is 7.33. The van der Waals surface area contributed by atoms with Gasteiger partial charge in [-0.25, -0.2) is 4.39 Å². The minimum Gasteiger partial charge on any atom is -0.351 e. The number of thioether (sulfide) groups is 1. The van der Waals surface area contributed by atoms with E-state index in [1.165, 1.54) is 12.1 Å². The van der Waals surface area contributed by atoms with E-state index in [0.29, 0.717) is 11.0 Å². The lowest BCUT2D eigenvalue weighted by molar-refractivity contribution is -0.122. The molecule has 1 saturated heterocycles. The number of hydrogen-bond donors (Lipinski definition) is 2. The Hall–Kier alpha value is -0.300. The molecule has 1 atom stereocenters. The lowest BCUT2D eigenvalue weighted by atomic mass is 10.2. The van der Waals surface area contributed by atoms with E-state index in [1.807, 2.05) is 0 Å². The number of carbonyl (C=O) groups is 1. The molecule has 0 aromatic heterocycles. The van der Waals surface area contributed by atoms with Gasteiger partial charge in [0.25, 0.3) is 0 Å². The van der Waals surface area contributed by atoms with Crippen LogP contribution in [0.3, 0.4) is 0 Å². The van der Waals surface area contributed by atoms with Gasteiger partial charge < -0.3 is 5.32 Å². The van der Waals surface area contributed by atoms with Gasteiger partial charge in [-0.1, -0.05) is 22.0 Å². The summed E-state index contributed by atoms with van der Waals surface area (Å²) in [5.74, 6) is 1.32. The zero-order valence-electron chi connectivity index (χ0n) is 9.41. The van der Waals surface area contributed by atoms with Crippen molar-refractivity contribution in [2.24, 2.45) is 0 Å². The topological polar surface area (TPSA) is 41.1 Å². The largest absolute Gasteiger partial charge is 0.351 e. The average molecular weight is 356 g/mol. The van der Waals surface area contributed by atoms with Crippen LogP contribution in [0.1, 0.15) is 5.56 Å². The number of amides is 1. The number of nitrogens with one attached hydrogen (secondary N) is 2. The van der Waals surface area contributed by atoms with Crippen LogP contribution in [0.2, 0.25) is 0 Å². The molecule has 7 heteroatoms. The molecule has 2 N–H and O–H groups in total. The van der Waals surface area contributed by atoms with Gasteiger partial charge in [0.15, 0.2) is 0 Å². The molecule has 1 aromatic rings. The molecule has 0 aliphatic carbocycles. The summed E-state index contributed by atoms with van der Waals surface area (Å²) in [6, 6.07) is 4.33. The van der Waals surface area contributed by atoms with Crippen molar-refractivity contribution >= 4 is 46.0 Å². The highest BCUT2D eigenvalue weighted by molar-refractivity contribution is 9.10. The van der Waals surface area contributed by atoms with Gasteiger partial charge in [0, 0.05) is 22.6 Å². The number of benzene rings is 1. The molecule has 1 unspecified atom stereocenters. The predicted octanol–water partition coefficient (Wildman–Crippen LogP) is 2.29. The second-order valence-corrected chi connectivity index (χ2v) is 5.61. The Labute approximate surface area is 124 Å². The third kappa shape index (κ3) is 4.12. The monoisotopic (exact) mass is 354 g/mol. The lowest BCUT2D eigenvalue weighted by Crippen LogP contribution is -2.41. The molecule has 18 heavy (non-hydrogen) atoms. The van der Waals surface area contributed by atoms with Gasteiger partial charge in [-0.3, -0.25) is 10.1 Å². The van der Waals surface area contributed by atoms with Crippen molar-refractivity contribution in [1.29, 1.82) is 0 Å². The van der Waals surface area contributed by atoms with Crippen LogP contribution in [0.5, 0.6) is 0 Å². The minimum atomic E-state index is -0.291. The van der Waals surface area contributed by atoms with Gasteiger partial charge in [-0.05, 0) is 17.7 Å². The summed E-state index contributed by atoms with van der Waals surface area (Å²) in [4.78, 5) is 11.7. The molecular formula is C11H13BrClFN2OS. The quantitative estimate of drug-likeness (QED) is 0.874. The zero-order chi connectivity index (χ0) is 12.3. The third-order valence-corrected chi connectivity index (χ3v) is 4.18. The highest BCUT2D eigenvalue weighted by atomic mass is 79.9. The van der Waals surface area contributed by atoms with Crippen LogP contribution in [-0.2, 0) is 11.3 Å². The van der Waals surface area contributed by atoms with Gasteiger partial charge >= 0.3 is 0 Å². The van der Waals surface area contributed by atoms with Crippen molar-refractivity contribution in [3.8, 4) is 0 Å². The summed E-state index contributed by atoms with van der Waals surface area (Å²) in [5.41, 5.74) is 0.866. The van der Waals surface area contributed by atoms with Crippen LogP contribution in [0.15, 0.2) is 22.7 Å². The molecular weight excluding hydrogens is 343 g/mol. The van der Waals surface area contributed by atoms with Crippen molar-refractivity contribution in [1.82, 2.24) is 10.6 Å². The zero-order valence-corrected chi connectivity index (χ0v) is 12.6. The third-order valence-electron chi connectivity index (χ3n) is 2.50. The molecule has 100 valence electrons. The maximum Gasteiger partial charge on any atom is 0.238 e. The average Bonchev–Trinajstić information content (AvgIpc) is 2.81. The van der Waals surface area contributed by atoms with E-state index in [0.717, 1.165) is 17.2 Å². The maximum atomic E-state index is 12.9. The van der Waals surface area contributed by atoms with E-state index < -0.39 is 0 Å². The summed E-state index contributed by atoms with van der Waals surface area (Å²) >= 11 is 4.98. The van der Waals surface area contributed by atoms with Crippen molar-refractivity contribution in [2.75, 3.05) is 11.6 Å². The number of carbonyl (C=O) groups excluding carboxylic acids is 1. The van der Waals surface area contributed by atoms with Gasteiger partial charge in [0.1, 0.15) is 5.82 Å². The molecule has 2 rings (SSSR count). The standard InChI is InChI=1S/C11H12BrFN2OS.ClH/c12-9-3-8(13)2-1-7(9)4-14-11(16)10-5-17-6-15-10;/h1-3,10,15H,4-6H2,(H,14,16);1H. The molecule has 3 nitrogen and oxygen atoms in total. The minimum absolute atomic E-state index is 0. The van der Waals surface area contributed by atoms with Crippen LogP contribution in [0.4, 0.5) is 4.39 Å². The lowest BCUT2D eigenvalue weighted by Gasteiger charge is -2.11. The maximum absolute atomic E-state index is 12.9. The SMILES string of the molecule is Cl.O=C(NCc1ccc(F)cc1Br)C1CSCN1. The van der Waals surface area contributed by atoms with Crippen molar-refractivity contribution < 1.29 is 9.18 Å². The van der Waals surface area contributed by atoms with Crippen LogP contribution in [0.25, 0.3) is 0 Å². The fourth-order valence-electron chi connectivity index (χ4n) is 1.53. The van der Waals surface area contributed by atoms with E-state index >= 15 is 0 Å². The van der Waals surface area contributed by atoms with Crippen molar-refractivity contribution in [3.05, 3.63) is 34.1 Å². The van der Waals surface area contributed by atoms with E-state index in [4.69, 9.17) is 0 Å². The van der Waals surface area contributed by atoms with Crippen LogP contribution in [-0.4, -0.2) is 23.6 Å². The second-order valence-electron chi connectivity index (χ2n) is 3.73. The van der Waals surface area contributed by atoms with E-state index in [1.54, 1.807) is 17.8 Å². The van der Waals surface area contributed by atoms with Gasteiger partial charge in [-0.15, -0.1) is 24.2 Å². The number of hydrogen-bond acceptors (Lipinski definition) is 3. The van der Waals surface area contributed by atoms with E-state index in [9.17, 15) is 9.18 Å². The molecule has 0 spiro atoms.